The summed E-state index contributed by atoms with van der Waals surface area (Å²) in [5, 5.41) is 3.27. The maximum Gasteiger partial charge on any atom is 0.261 e. The van der Waals surface area contributed by atoms with Crippen LogP contribution in [0, 0.1) is 19.3 Å². The van der Waals surface area contributed by atoms with Crippen LogP contribution in [-0.2, 0) is 20.7 Å². The van der Waals surface area contributed by atoms with Gasteiger partial charge in [-0.25, -0.2) is 0 Å². The Bertz CT molecular complexity index is 664. The SMILES string of the molecule is CCO[C@@H]1C[C@H](NC(=O)[C@@H]2Cc3cc(C)c(C)cc3O2)C12CCOCC2. The maximum atomic E-state index is 12.9. The number of carbonyl (C=O) groups is 1. The van der Waals surface area contributed by atoms with Gasteiger partial charge in [-0.15, -0.1) is 0 Å². The fraction of sp³-hybridized carbons (Fsp3) is 0.667. The Kier molecular flexibility index (Phi) is 4.70. The van der Waals surface area contributed by atoms with E-state index in [4.69, 9.17) is 14.2 Å². The molecule has 1 saturated heterocycles. The summed E-state index contributed by atoms with van der Waals surface area (Å²) >= 11 is 0. The monoisotopic (exact) mass is 359 g/mol. The third-order valence-corrected chi connectivity index (χ3v) is 6.54. The highest BCUT2D eigenvalue weighted by Crippen LogP contribution is 2.50. The molecule has 1 saturated carbocycles. The Hall–Kier alpha value is -1.59. The van der Waals surface area contributed by atoms with E-state index >= 15 is 0 Å². The molecule has 1 aromatic rings. The van der Waals surface area contributed by atoms with Crippen LogP contribution in [0.15, 0.2) is 12.1 Å². The number of amides is 1. The maximum absolute atomic E-state index is 12.9. The van der Waals surface area contributed by atoms with Gasteiger partial charge in [0.25, 0.3) is 5.91 Å². The first-order chi connectivity index (χ1) is 12.5. The van der Waals surface area contributed by atoms with Crippen molar-refractivity contribution < 1.29 is 19.0 Å². The van der Waals surface area contributed by atoms with Crippen molar-refractivity contribution in [3.8, 4) is 5.75 Å². The molecule has 4 rings (SSSR count). The van der Waals surface area contributed by atoms with E-state index in [1.54, 1.807) is 0 Å². The number of aryl methyl sites for hydroxylation is 2. The zero-order valence-corrected chi connectivity index (χ0v) is 16.0. The summed E-state index contributed by atoms with van der Waals surface area (Å²) in [6, 6.07) is 4.35. The molecule has 1 amide bonds. The van der Waals surface area contributed by atoms with Crippen molar-refractivity contribution in [3.05, 3.63) is 28.8 Å². The van der Waals surface area contributed by atoms with Gasteiger partial charge in [-0.3, -0.25) is 4.79 Å². The summed E-state index contributed by atoms with van der Waals surface area (Å²) < 4.78 is 17.5. The number of carbonyl (C=O) groups excluding carboxylic acids is 1. The van der Waals surface area contributed by atoms with Crippen LogP contribution in [-0.4, -0.2) is 44.0 Å². The van der Waals surface area contributed by atoms with E-state index < -0.39 is 6.10 Å². The lowest BCUT2D eigenvalue weighted by molar-refractivity contribution is -0.177. The lowest BCUT2D eigenvalue weighted by atomic mass is 9.57. The molecular weight excluding hydrogens is 330 g/mol. The normalized spacial score (nSPS) is 29.0. The molecule has 3 aliphatic rings. The first-order valence-electron chi connectivity index (χ1n) is 9.80. The van der Waals surface area contributed by atoms with Gasteiger partial charge in [0.1, 0.15) is 5.75 Å². The largest absolute Gasteiger partial charge is 0.480 e. The Balaban J connectivity index is 1.42. The van der Waals surface area contributed by atoms with Crippen LogP contribution in [0.25, 0.3) is 0 Å². The average Bonchev–Trinajstić information content (AvgIpc) is 3.04. The quantitative estimate of drug-likeness (QED) is 0.898. The lowest BCUT2D eigenvalue weighted by Crippen LogP contribution is -2.67. The molecule has 1 aromatic carbocycles. The molecule has 2 heterocycles. The van der Waals surface area contributed by atoms with Crippen molar-refractivity contribution >= 4 is 5.91 Å². The first-order valence-corrected chi connectivity index (χ1v) is 9.80. The number of hydrogen-bond acceptors (Lipinski definition) is 4. The molecule has 1 spiro atoms. The Morgan fingerprint density at radius 1 is 1.27 bits per heavy atom. The summed E-state index contributed by atoms with van der Waals surface area (Å²) in [6.45, 7) is 8.42. The molecule has 0 radical (unpaired) electrons. The number of benzene rings is 1. The smallest absolute Gasteiger partial charge is 0.261 e. The zero-order chi connectivity index (χ0) is 18.3. The van der Waals surface area contributed by atoms with E-state index in [0.29, 0.717) is 13.0 Å². The molecule has 1 N–H and O–H groups in total. The molecule has 2 aliphatic heterocycles. The van der Waals surface area contributed by atoms with Gasteiger partial charge >= 0.3 is 0 Å². The van der Waals surface area contributed by atoms with Crippen LogP contribution in [0.3, 0.4) is 0 Å². The van der Waals surface area contributed by atoms with Gasteiger partial charge in [-0.05, 0) is 62.8 Å². The van der Waals surface area contributed by atoms with Gasteiger partial charge in [-0.1, -0.05) is 6.07 Å². The van der Waals surface area contributed by atoms with Crippen LogP contribution < -0.4 is 10.1 Å². The van der Waals surface area contributed by atoms with Crippen molar-refractivity contribution in [1.29, 1.82) is 0 Å². The molecule has 1 aliphatic carbocycles. The third kappa shape index (κ3) is 2.91. The van der Waals surface area contributed by atoms with Crippen molar-refractivity contribution in [1.82, 2.24) is 5.32 Å². The minimum absolute atomic E-state index is 0.00215. The highest BCUT2D eigenvalue weighted by atomic mass is 16.5. The lowest BCUT2D eigenvalue weighted by Gasteiger charge is -2.57. The van der Waals surface area contributed by atoms with Gasteiger partial charge in [0, 0.05) is 37.7 Å². The van der Waals surface area contributed by atoms with Gasteiger partial charge in [0.05, 0.1) is 6.10 Å². The topological polar surface area (TPSA) is 56.8 Å². The van der Waals surface area contributed by atoms with Crippen LogP contribution >= 0.6 is 0 Å². The molecule has 5 heteroatoms. The summed E-state index contributed by atoms with van der Waals surface area (Å²) in [4.78, 5) is 12.9. The number of hydrogen-bond donors (Lipinski definition) is 1. The molecule has 2 fully saturated rings. The molecule has 0 bridgehead atoms. The summed E-state index contributed by atoms with van der Waals surface area (Å²) in [7, 11) is 0. The number of nitrogens with one attached hydrogen (secondary N) is 1. The molecule has 3 atom stereocenters. The standard InChI is InChI=1S/C21H29NO4/c1-4-25-19-12-18(21(19)5-7-24-8-6-21)22-20(23)17-11-15-9-13(2)14(3)10-16(15)26-17/h9-10,17-19H,4-8,11-12H2,1-3H3,(H,22,23)/t17-,18-,19+/m0/s1. The van der Waals surface area contributed by atoms with Crippen LogP contribution in [0.5, 0.6) is 5.75 Å². The zero-order valence-electron chi connectivity index (χ0n) is 16.0. The summed E-state index contributed by atoms with van der Waals surface area (Å²) in [6.07, 6.45) is 3.25. The Morgan fingerprint density at radius 2 is 2.00 bits per heavy atom. The van der Waals surface area contributed by atoms with Gasteiger partial charge in [0.15, 0.2) is 6.10 Å². The molecule has 26 heavy (non-hydrogen) atoms. The van der Waals surface area contributed by atoms with Crippen molar-refractivity contribution in [2.75, 3.05) is 19.8 Å². The fourth-order valence-corrected chi connectivity index (χ4v) is 4.73. The van der Waals surface area contributed by atoms with E-state index in [1.807, 2.05) is 13.0 Å². The second-order valence-corrected chi connectivity index (χ2v) is 7.94. The van der Waals surface area contributed by atoms with Crippen molar-refractivity contribution in [3.63, 3.8) is 0 Å². The fourth-order valence-electron chi connectivity index (χ4n) is 4.73. The molecular formula is C21H29NO4. The third-order valence-electron chi connectivity index (χ3n) is 6.54. The molecule has 5 nitrogen and oxygen atoms in total. The summed E-state index contributed by atoms with van der Waals surface area (Å²) in [5.41, 5.74) is 3.61. The number of fused-ring (bicyclic) bond motifs is 1. The summed E-state index contributed by atoms with van der Waals surface area (Å²) in [5.74, 6) is 0.858. The highest BCUT2D eigenvalue weighted by molar-refractivity contribution is 5.83. The van der Waals surface area contributed by atoms with Crippen LogP contribution in [0.1, 0.15) is 42.9 Å². The second-order valence-electron chi connectivity index (χ2n) is 7.94. The number of rotatable bonds is 4. The minimum Gasteiger partial charge on any atom is -0.480 e. The Morgan fingerprint density at radius 3 is 2.73 bits per heavy atom. The highest BCUT2D eigenvalue weighted by Gasteiger charge is 2.57. The van der Waals surface area contributed by atoms with Crippen molar-refractivity contribution in [2.24, 2.45) is 5.41 Å². The molecule has 142 valence electrons. The van der Waals surface area contributed by atoms with Gasteiger partial charge < -0.3 is 19.5 Å². The first kappa shape index (κ1) is 17.8. The van der Waals surface area contributed by atoms with E-state index in [9.17, 15) is 4.79 Å². The Labute approximate surface area is 155 Å². The van der Waals surface area contributed by atoms with E-state index in [2.05, 4.69) is 25.2 Å². The van der Waals surface area contributed by atoms with E-state index in [-0.39, 0.29) is 23.5 Å². The van der Waals surface area contributed by atoms with E-state index in [1.165, 1.54) is 11.1 Å². The van der Waals surface area contributed by atoms with E-state index in [0.717, 1.165) is 43.8 Å². The van der Waals surface area contributed by atoms with Gasteiger partial charge in [-0.2, -0.15) is 0 Å². The molecule has 0 aromatic heterocycles. The van der Waals surface area contributed by atoms with Crippen LogP contribution in [0.4, 0.5) is 0 Å². The second kappa shape index (κ2) is 6.86. The molecule has 0 unspecified atom stereocenters. The van der Waals surface area contributed by atoms with Crippen LogP contribution in [0.2, 0.25) is 0 Å². The number of ether oxygens (including phenoxy) is 3. The average molecular weight is 359 g/mol. The predicted octanol–water partition coefficient (Wildman–Crippen LogP) is 2.70. The predicted molar refractivity (Wildman–Crippen MR) is 98.5 cm³/mol. The minimum atomic E-state index is -0.422. The van der Waals surface area contributed by atoms with Crippen molar-refractivity contribution in [2.45, 2.75) is 64.7 Å². The van der Waals surface area contributed by atoms with Gasteiger partial charge in [0.2, 0.25) is 0 Å².